The Morgan fingerprint density at radius 2 is 1.85 bits per heavy atom. The Morgan fingerprint density at radius 3 is 2.56 bits per heavy atom. The lowest BCUT2D eigenvalue weighted by Gasteiger charge is -2.10. The summed E-state index contributed by atoms with van der Waals surface area (Å²) >= 11 is 0. The van der Waals surface area contributed by atoms with Gasteiger partial charge in [0.2, 0.25) is 5.82 Å². The molecule has 0 spiro atoms. The van der Waals surface area contributed by atoms with Crippen molar-refractivity contribution in [3.63, 3.8) is 0 Å². The first-order valence-corrected chi connectivity index (χ1v) is 11.6. The van der Waals surface area contributed by atoms with E-state index >= 15 is 0 Å². The molecule has 0 saturated carbocycles. The Kier molecular flexibility index (Phi) is 7.34. The molecule has 1 N–H and O–H groups in total. The van der Waals surface area contributed by atoms with Crippen LogP contribution in [-0.4, -0.2) is 40.4 Å². The number of halogens is 2. The van der Waals surface area contributed by atoms with Crippen LogP contribution in [0.15, 0.2) is 42.6 Å². The van der Waals surface area contributed by atoms with Crippen molar-refractivity contribution in [1.82, 2.24) is 40.4 Å². The lowest BCUT2D eigenvalue weighted by atomic mass is 10.0. The van der Waals surface area contributed by atoms with Crippen molar-refractivity contribution in [1.29, 1.82) is 0 Å². The fourth-order valence-electron chi connectivity index (χ4n) is 3.85. The molecule has 1 aromatic carbocycles. The second-order valence-corrected chi connectivity index (χ2v) is 8.27. The minimum atomic E-state index is -3.02. The number of unbranched alkanes of at least 4 members (excludes halogenated alkanes) is 2. The van der Waals surface area contributed by atoms with E-state index in [1.54, 1.807) is 17.8 Å². The maximum atomic E-state index is 14.5. The summed E-state index contributed by atoms with van der Waals surface area (Å²) in [6.45, 7) is 4.23. The molecule has 0 fully saturated rings. The van der Waals surface area contributed by atoms with Crippen LogP contribution in [0.4, 0.5) is 8.78 Å². The van der Waals surface area contributed by atoms with E-state index in [0.29, 0.717) is 36.7 Å². The van der Waals surface area contributed by atoms with Crippen LogP contribution in [0.25, 0.3) is 22.6 Å². The highest BCUT2D eigenvalue weighted by Crippen LogP contribution is 2.31. The van der Waals surface area contributed by atoms with Gasteiger partial charge in [-0.05, 0) is 40.5 Å². The molecule has 34 heavy (non-hydrogen) atoms. The minimum absolute atomic E-state index is 0.256. The average Bonchev–Trinajstić information content (AvgIpc) is 3.51. The second-order valence-electron chi connectivity index (χ2n) is 8.27. The molecule has 3 aromatic heterocycles. The number of alkyl halides is 2. The predicted octanol–water partition coefficient (Wildman–Crippen LogP) is 5.19. The van der Waals surface area contributed by atoms with Gasteiger partial charge in [-0.2, -0.15) is 8.78 Å². The van der Waals surface area contributed by atoms with E-state index in [2.05, 4.69) is 42.6 Å². The summed E-state index contributed by atoms with van der Waals surface area (Å²) in [6.07, 6.45) is 5.40. The largest absolute Gasteiger partial charge is 0.308 e. The number of nitrogens with zero attached hydrogens (tertiary/aromatic N) is 7. The number of aromatic nitrogens is 8. The first-order valence-electron chi connectivity index (χ1n) is 11.6. The number of nitrogens with one attached hydrogen (secondary N) is 1. The molecule has 0 radical (unpaired) electrons. The first-order chi connectivity index (χ1) is 16.5. The molecular weight excluding hydrogens is 438 g/mol. The van der Waals surface area contributed by atoms with Crippen LogP contribution in [-0.2, 0) is 18.9 Å². The highest BCUT2D eigenvalue weighted by Gasteiger charge is 2.36. The molecule has 0 aliphatic carbocycles. The highest BCUT2D eigenvalue weighted by atomic mass is 19.3. The lowest BCUT2D eigenvalue weighted by molar-refractivity contribution is -0.0232. The third-order valence-electron chi connectivity index (χ3n) is 5.62. The molecule has 0 unspecified atom stereocenters. The minimum Gasteiger partial charge on any atom is -0.252 e. The third kappa shape index (κ3) is 5.32. The molecule has 4 rings (SSSR count). The number of hydrogen-bond acceptors (Lipinski definition) is 6. The Balaban J connectivity index is 1.58. The lowest BCUT2D eigenvalue weighted by Crippen LogP contribution is -2.15. The molecule has 0 atom stereocenters. The topological polar surface area (TPSA) is 98.1 Å². The summed E-state index contributed by atoms with van der Waals surface area (Å²) in [6, 6.07) is 11.7. The first kappa shape index (κ1) is 23.6. The van der Waals surface area contributed by atoms with Crippen LogP contribution in [0.1, 0.15) is 63.2 Å². The molecule has 4 aromatic rings. The molecule has 0 amide bonds. The highest BCUT2D eigenvalue weighted by molar-refractivity contribution is 5.77. The summed E-state index contributed by atoms with van der Waals surface area (Å²) in [5.41, 5.74) is 3.43. The number of pyridine rings is 1. The third-order valence-corrected chi connectivity index (χ3v) is 5.62. The Hall–Kier alpha value is -3.56. The van der Waals surface area contributed by atoms with Gasteiger partial charge in [0.05, 0.1) is 6.54 Å². The van der Waals surface area contributed by atoms with Gasteiger partial charge in [0.25, 0.3) is 0 Å². The molecule has 10 heteroatoms. The monoisotopic (exact) mass is 466 g/mol. The van der Waals surface area contributed by atoms with Gasteiger partial charge in [-0.1, -0.05) is 57.0 Å². The van der Waals surface area contributed by atoms with E-state index in [4.69, 9.17) is 0 Å². The van der Waals surface area contributed by atoms with Crippen molar-refractivity contribution in [2.24, 2.45) is 0 Å². The van der Waals surface area contributed by atoms with Gasteiger partial charge < -0.3 is 0 Å². The van der Waals surface area contributed by atoms with Crippen LogP contribution in [0.2, 0.25) is 0 Å². The number of hydrogen-bond donors (Lipinski definition) is 1. The van der Waals surface area contributed by atoms with Crippen LogP contribution in [0.3, 0.4) is 0 Å². The van der Waals surface area contributed by atoms with Gasteiger partial charge in [-0.3, -0.25) is 4.98 Å². The van der Waals surface area contributed by atoms with Crippen LogP contribution in [0.5, 0.6) is 0 Å². The normalized spacial score (nSPS) is 11.8. The van der Waals surface area contributed by atoms with Crippen molar-refractivity contribution < 1.29 is 8.78 Å². The number of tetrazole rings is 1. The van der Waals surface area contributed by atoms with Crippen molar-refractivity contribution >= 4 is 0 Å². The number of aromatic amines is 1. The maximum Gasteiger partial charge on any atom is 0.308 e. The molecule has 3 heterocycles. The van der Waals surface area contributed by atoms with Crippen LogP contribution < -0.4 is 0 Å². The fraction of sp³-hybridized carbons (Fsp3) is 0.417. The van der Waals surface area contributed by atoms with Crippen LogP contribution in [0, 0.1) is 0 Å². The van der Waals surface area contributed by atoms with Crippen molar-refractivity contribution in [3.05, 3.63) is 59.8 Å². The molecule has 0 bridgehead atoms. The zero-order chi connectivity index (χ0) is 24.0. The molecule has 8 nitrogen and oxygen atoms in total. The van der Waals surface area contributed by atoms with E-state index in [1.165, 1.54) is 0 Å². The van der Waals surface area contributed by atoms with Gasteiger partial charge in [0, 0.05) is 24.6 Å². The van der Waals surface area contributed by atoms with E-state index in [1.807, 2.05) is 36.4 Å². The average molecular weight is 467 g/mol. The molecule has 0 aliphatic heterocycles. The zero-order valence-electron chi connectivity index (χ0n) is 19.4. The number of H-pyrrole nitrogens is 1. The van der Waals surface area contributed by atoms with Gasteiger partial charge >= 0.3 is 5.92 Å². The molecular formula is C24H28F2N8. The Labute approximate surface area is 196 Å². The zero-order valence-corrected chi connectivity index (χ0v) is 19.4. The predicted molar refractivity (Wildman–Crippen MR) is 124 cm³/mol. The van der Waals surface area contributed by atoms with Gasteiger partial charge in [0.1, 0.15) is 11.5 Å². The quantitative estimate of drug-likeness (QED) is 0.305. The van der Waals surface area contributed by atoms with Gasteiger partial charge in [-0.25, -0.2) is 14.8 Å². The number of benzene rings is 1. The van der Waals surface area contributed by atoms with Crippen molar-refractivity contribution in [3.8, 4) is 22.6 Å². The Morgan fingerprint density at radius 1 is 1.03 bits per heavy atom. The summed E-state index contributed by atoms with van der Waals surface area (Å²) in [7, 11) is 0. The van der Waals surface area contributed by atoms with Gasteiger partial charge in [-0.15, -0.1) is 10.2 Å². The summed E-state index contributed by atoms with van der Waals surface area (Å²) in [5, 5.41) is 18.2. The SMILES string of the molecule is CCCCCc1nc(C(F)(F)CCC)nn1Cc1ccc(-c2cccnc2-c2nnn[nH]2)cc1. The molecule has 0 aliphatic rings. The number of rotatable bonds is 11. The molecule has 178 valence electrons. The van der Waals surface area contributed by atoms with Crippen molar-refractivity contribution in [2.45, 2.75) is 64.8 Å². The summed E-state index contributed by atoms with van der Waals surface area (Å²) in [4.78, 5) is 8.65. The van der Waals surface area contributed by atoms with Crippen molar-refractivity contribution in [2.75, 3.05) is 0 Å². The number of aryl methyl sites for hydroxylation is 1. The van der Waals surface area contributed by atoms with Gasteiger partial charge in [0.15, 0.2) is 5.82 Å². The maximum absolute atomic E-state index is 14.5. The standard InChI is InChI=1S/C24H28F2N8/c1-3-5-6-9-20-28-23(24(25,26)14-4-2)31-34(20)16-17-10-12-18(13-11-17)19-8-7-15-27-21(19)22-29-32-33-30-22/h7-8,10-13,15H,3-6,9,14,16H2,1-2H3,(H,29,30,32,33). The van der Waals surface area contributed by atoms with Crippen LogP contribution >= 0.6 is 0 Å². The summed E-state index contributed by atoms with van der Waals surface area (Å²) < 4.78 is 30.6. The van der Waals surface area contributed by atoms with E-state index < -0.39 is 5.92 Å². The Bertz CT molecular complexity index is 1190. The van der Waals surface area contributed by atoms with E-state index in [0.717, 1.165) is 36.0 Å². The second kappa shape index (κ2) is 10.6. The fourth-order valence-corrected chi connectivity index (χ4v) is 3.85. The van der Waals surface area contributed by atoms with E-state index in [-0.39, 0.29) is 12.2 Å². The summed E-state index contributed by atoms with van der Waals surface area (Å²) in [5.74, 6) is -2.30. The molecule has 0 saturated heterocycles. The van der Waals surface area contributed by atoms with E-state index in [9.17, 15) is 8.78 Å². The smallest absolute Gasteiger partial charge is 0.252 e.